The summed E-state index contributed by atoms with van der Waals surface area (Å²) in [6.07, 6.45) is 13.0. The summed E-state index contributed by atoms with van der Waals surface area (Å²) in [7, 11) is 2.22. The van der Waals surface area contributed by atoms with Gasteiger partial charge in [-0.15, -0.1) is 0 Å². The van der Waals surface area contributed by atoms with E-state index >= 15 is 0 Å². The Hall–Kier alpha value is -2.00. The molecule has 3 aliphatic rings. The Morgan fingerprint density at radius 1 is 1.04 bits per heavy atom. The standard InChI is InChI=1S/C21H26N2O/c1-22(17-10-12-20(24)13-11-17)19-14-18-8-5-9-21(23(18)15-19)16-6-3-2-4-7-16/h2-4,6-9,15,17,20,24H,5,10-14H2,1H3. The molecule has 0 saturated heterocycles. The Morgan fingerprint density at radius 2 is 1.79 bits per heavy atom. The van der Waals surface area contributed by atoms with Crippen LogP contribution in [0.1, 0.15) is 44.1 Å². The summed E-state index contributed by atoms with van der Waals surface area (Å²) >= 11 is 0. The van der Waals surface area contributed by atoms with Crippen LogP contribution in [0.25, 0.3) is 5.70 Å². The third-order valence-electron chi connectivity index (χ3n) is 5.61. The summed E-state index contributed by atoms with van der Waals surface area (Å²) in [5.41, 5.74) is 5.38. The molecule has 24 heavy (non-hydrogen) atoms. The molecule has 1 aromatic carbocycles. The highest BCUT2D eigenvalue weighted by atomic mass is 16.3. The first-order valence-corrected chi connectivity index (χ1v) is 9.08. The lowest BCUT2D eigenvalue weighted by Crippen LogP contribution is -2.35. The molecule has 0 unspecified atom stereocenters. The van der Waals surface area contributed by atoms with Crippen LogP contribution in [-0.4, -0.2) is 34.1 Å². The van der Waals surface area contributed by atoms with Crippen LogP contribution in [0.5, 0.6) is 0 Å². The van der Waals surface area contributed by atoms with Gasteiger partial charge in [-0.2, -0.15) is 0 Å². The highest BCUT2D eigenvalue weighted by molar-refractivity contribution is 5.69. The molecule has 0 atom stereocenters. The van der Waals surface area contributed by atoms with Gasteiger partial charge in [-0.1, -0.05) is 42.5 Å². The molecule has 0 radical (unpaired) electrons. The SMILES string of the molecule is CN(C1=CN2C(=CCC=C2c2ccccc2)C1)C1CCC(O)CC1. The molecule has 1 aliphatic carbocycles. The molecule has 1 saturated carbocycles. The molecule has 2 heterocycles. The van der Waals surface area contributed by atoms with E-state index in [1.807, 2.05) is 0 Å². The van der Waals surface area contributed by atoms with E-state index in [9.17, 15) is 5.11 Å². The summed E-state index contributed by atoms with van der Waals surface area (Å²) in [6.45, 7) is 0. The van der Waals surface area contributed by atoms with E-state index in [4.69, 9.17) is 0 Å². The minimum atomic E-state index is -0.0890. The van der Waals surface area contributed by atoms with Crippen molar-refractivity contribution in [3.63, 3.8) is 0 Å². The number of aliphatic hydroxyl groups excluding tert-OH is 1. The van der Waals surface area contributed by atoms with Gasteiger partial charge >= 0.3 is 0 Å². The van der Waals surface area contributed by atoms with Crippen molar-refractivity contribution in [3.05, 3.63) is 65.6 Å². The second-order valence-corrected chi connectivity index (χ2v) is 7.13. The highest BCUT2D eigenvalue weighted by Crippen LogP contribution is 2.39. The monoisotopic (exact) mass is 322 g/mol. The number of aliphatic hydroxyl groups is 1. The van der Waals surface area contributed by atoms with Crippen LogP contribution >= 0.6 is 0 Å². The molecule has 3 nitrogen and oxygen atoms in total. The summed E-state index contributed by atoms with van der Waals surface area (Å²) < 4.78 is 0. The predicted molar refractivity (Wildman–Crippen MR) is 97.7 cm³/mol. The molecule has 0 bridgehead atoms. The fourth-order valence-corrected chi connectivity index (χ4v) is 4.11. The van der Waals surface area contributed by atoms with E-state index in [1.165, 1.54) is 22.7 Å². The van der Waals surface area contributed by atoms with Gasteiger partial charge in [-0.3, -0.25) is 0 Å². The normalized spacial score (nSPS) is 26.4. The number of allylic oxidation sites excluding steroid dienone is 2. The maximum atomic E-state index is 9.75. The largest absolute Gasteiger partial charge is 0.393 e. The van der Waals surface area contributed by atoms with Crippen molar-refractivity contribution in [1.29, 1.82) is 0 Å². The Bertz CT molecular complexity index is 681. The van der Waals surface area contributed by atoms with Crippen molar-refractivity contribution in [2.45, 2.75) is 50.7 Å². The molecule has 3 heteroatoms. The van der Waals surface area contributed by atoms with Gasteiger partial charge in [0.25, 0.3) is 0 Å². The molecule has 126 valence electrons. The van der Waals surface area contributed by atoms with E-state index in [1.54, 1.807) is 0 Å². The first-order valence-electron chi connectivity index (χ1n) is 9.08. The third kappa shape index (κ3) is 2.89. The maximum absolute atomic E-state index is 9.75. The van der Waals surface area contributed by atoms with Crippen LogP contribution < -0.4 is 0 Å². The van der Waals surface area contributed by atoms with E-state index < -0.39 is 0 Å². The first-order chi connectivity index (χ1) is 11.7. The van der Waals surface area contributed by atoms with Crippen molar-refractivity contribution in [2.24, 2.45) is 0 Å². The minimum absolute atomic E-state index is 0.0890. The molecule has 1 N–H and O–H groups in total. The van der Waals surface area contributed by atoms with Crippen LogP contribution in [0.15, 0.2) is 60.1 Å². The average Bonchev–Trinajstić information content (AvgIpc) is 3.06. The molecule has 4 rings (SSSR count). The van der Waals surface area contributed by atoms with Gasteiger partial charge in [0, 0.05) is 42.8 Å². The van der Waals surface area contributed by atoms with Crippen LogP contribution in [0.2, 0.25) is 0 Å². The van der Waals surface area contributed by atoms with Crippen molar-refractivity contribution >= 4 is 5.70 Å². The predicted octanol–water partition coefficient (Wildman–Crippen LogP) is 4.10. The van der Waals surface area contributed by atoms with Gasteiger partial charge < -0.3 is 14.9 Å². The number of hydrogen-bond acceptors (Lipinski definition) is 3. The number of fused-ring (bicyclic) bond motifs is 1. The molecule has 0 amide bonds. The van der Waals surface area contributed by atoms with Crippen LogP contribution in [0.3, 0.4) is 0 Å². The van der Waals surface area contributed by atoms with Crippen LogP contribution in [-0.2, 0) is 0 Å². The zero-order valence-corrected chi connectivity index (χ0v) is 14.4. The average molecular weight is 322 g/mol. The van der Waals surface area contributed by atoms with E-state index in [0.29, 0.717) is 6.04 Å². The van der Waals surface area contributed by atoms with E-state index in [0.717, 1.165) is 38.5 Å². The lowest BCUT2D eigenvalue weighted by Gasteiger charge is -2.35. The van der Waals surface area contributed by atoms with E-state index in [-0.39, 0.29) is 6.10 Å². The molecular weight excluding hydrogens is 296 g/mol. The second-order valence-electron chi connectivity index (χ2n) is 7.13. The fourth-order valence-electron chi connectivity index (χ4n) is 4.11. The maximum Gasteiger partial charge on any atom is 0.0541 e. The summed E-state index contributed by atoms with van der Waals surface area (Å²) in [5, 5.41) is 9.75. The molecule has 1 fully saturated rings. The molecule has 0 aromatic heterocycles. The number of rotatable bonds is 3. The molecule has 2 aliphatic heterocycles. The van der Waals surface area contributed by atoms with Gasteiger partial charge in [-0.05, 0) is 37.7 Å². The summed E-state index contributed by atoms with van der Waals surface area (Å²) in [4.78, 5) is 4.82. The third-order valence-corrected chi connectivity index (χ3v) is 5.61. The van der Waals surface area contributed by atoms with Gasteiger partial charge in [0.05, 0.1) is 6.10 Å². The van der Waals surface area contributed by atoms with Gasteiger partial charge in [0.1, 0.15) is 0 Å². The van der Waals surface area contributed by atoms with Gasteiger partial charge in [0.15, 0.2) is 0 Å². The van der Waals surface area contributed by atoms with Crippen molar-refractivity contribution < 1.29 is 5.11 Å². The quantitative estimate of drug-likeness (QED) is 0.907. The highest BCUT2D eigenvalue weighted by Gasteiger charge is 2.30. The Morgan fingerprint density at radius 3 is 2.54 bits per heavy atom. The number of nitrogens with zero attached hydrogens (tertiary/aromatic N) is 2. The van der Waals surface area contributed by atoms with Crippen molar-refractivity contribution in [1.82, 2.24) is 9.80 Å². The minimum Gasteiger partial charge on any atom is -0.393 e. The summed E-state index contributed by atoms with van der Waals surface area (Å²) in [6, 6.07) is 11.2. The lowest BCUT2D eigenvalue weighted by molar-refractivity contribution is 0.0940. The topological polar surface area (TPSA) is 26.7 Å². The fraction of sp³-hybridized carbons (Fsp3) is 0.429. The summed E-state index contributed by atoms with van der Waals surface area (Å²) in [5.74, 6) is 0. The Labute approximate surface area is 144 Å². The first kappa shape index (κ1) is 15.5. The lowest BCUT2D eigenvalue weighted by atomic mass is 9.92. The Kier molecular flexibility index (Phi) is 4.19. The van der Waals surface area contributed by atoms with E-state index in [2.05, 4.69) is 65.5 Å². The molecule has 1 aromatic rings. The zero-order chi connectivity index (χ0) is 16.5. The molecular formula is C21H26N2O. The van der Waals surface area contributed by atoms with Gasteiger partial charge in [-0.25, -0.2) is 0 Å². The van der Waals surface area contributed by atoms with Gasteiger partial charge in [0.2, 0.25) is 0 Å². The second kappa shape index (κ2) is 6.48. The smallest absolute Gasteiger partial charge is 0.0541 e. The number of hydrogen-bond donors (Lipinski definition) is 1. The van der Waals surface area contributed by atoms with Crippen molar-refractivity contribution in [3.8, 4) is 0 Å². The zero-order valence-electron chi connectivity index (χ0n) is 14.4. The number of benzene rings is 1. The Balaban J connectivity index is 1.54. The van der Waals surface area contributed by atoms with Crippen molar-refractivity contribution in [2.75, 3.05) is 7.05 Å². The van der Waals surface area contributed by atoms with Crippen LogP contribution in [0, 0.1) is 0 Å². The van der Waals surface area contributed by atoms with Crippen LogP contribution in [0.4, 0.5) is 0 Å². The molecule has 0 spiro atoms.